The number of esters is 1. The molecule has 2 rings (SSSR count). The quantitative estimate of drug-likeness (QED) is 0.504. The summed E-state index contributed by atoms with van der Waals surface area (Å²) in [4.78, 5) is 23.5. The summed E-state index contributed by atoms with van der Waals surface area (Å²) in [6, 6.07) is 19.1. The van der Waals surface area contributed by atoms with Gasteiger partial charge in [0, 0.05) is 18.5 Å². The van der Waals surface area contributed by atoms with Crippen LogP contribution in [-0.4, -0.2) is 11.9 Å². The van der Waals surface area contributed by atoms with Crippen molar-refractivity contribution < 1.29 is 14.3 Å². The highest BCUT2D eigenvalue weighted by Crippen LogP contribution is 2.10. The Kier molecular flexibility index (Phi) is 8.25. The Morgan fingerprint density at radius 1 is 0.760 bits per heavy atom. The first-order valence-corrected chi connectivity index (χ1v) is 8.78. The van der Waals surface area contributed by atoms with E-state index in [1.54, 1.807) is 0 Å². The number of nitrogens with one attached hydrogen (secondary N) is 1. The zero-order valence-corrected chi connectivity index (χ0v) is 14.4. The van der Waals surface area contributed by atoms with Crippen LogP contribution in [0.15, 0.2) is 60.7 Å². The SMILES string of the molecule is O=C(CCCCCCC(=O)OCc1ccccc1)Nc1ccccc1. The number of hydrogen-bond donors (Lipinski definition) is 1. The molecule has 2 aromatic carbocycles. The number of hydrogen-bond acceptors (Lipinski definition) is 3. The lowest BCUT2D eigenvalue weighted by molar-refractivity contribution is -0.145. The predicted octanol–water partition coefficient (Wildman–Crippen LogP) is 4.71. The summed E-state index contributed by atoms with van der Waals surface area (Å²) >= 11 is 0. The van der Waals surface area contributed by atoms with Gasteiger partial charge in [0.15, 0.2) is 0 Å². The number of carbonyl (C=O) groups is 2. The molecule has 0 heterocycles. The minimum atomic E-state index is -0.161. The molecular formula is C21H25NO3. The Bertz CT molecular complexity index is 641. The molecule has 0 saturated carbocycles. The molecule has 0 aliphatic carbocycles. The van der Waals surface area contributed by atoms with E-state index in [-0.39, 0.29) is 11.9 Å². The summed E-state index contributed by atoms with van der Waals surface area (Å²) < 4.78 is 5.24. The number of unbranched alkanes of at least 4 members (excludes halogenated alkanes) is 3. The van der Waals surface area contributed by atoms with Gasteiger partial charge in [-0.2, -0.15) is 0 Å². The molecular weight excluding hydrogens is 314 g/mol. The van der Waals surface area contributed by atoms with Crippen molar-refractivity contribution in [3.05, 3.63) is 66.2 Å². The molecule has 0 spiro atoms. The van der Waals surface area contributed by atoms with Crippen LogP contribution < -0.4 is 5.32 Å². The predicted molar refractivity (Wildman–Crippen MR) is 99.0 cm³/mol. The number of rotatable bonds is 10. The monoisotopic (exact) mass is 339 g/mol. The van der Waals surface area contributed by atoms with Crippen LogP contribution in [0.25, 0.3) is 0 Å². The first kappa shape index (κ1) is 18.7. The number of carbonyl (C=O) groups excluding carboxylic acids is 2. The maximum atomic E-state index is 11.8. The molecule has 4 nitrogen and oxygen atoms in total. The minimum Gasteiger partial charge on any atom is -0.461 e. The fourth-order valence-corrected chi connectivity index (χ4v) is 2.46. The second kappa shape index (κ2) is 11.0. The molecule has 132 valence electrons. The molecule has 0 aliphatic rings. The molecule has 25 heavy (non-hydrogen) atoms. The van der Waals surface area contributed by atoms with Crippen LogP contribution in [0.4, 0.5) is 5.69 Å². The minimum absolute atomic E-state index is 0.0356. The van der Waals surface area contributed by atoms with Crippen LogP contribution in [0.2, 0.25) is 0 Å². The van der Waals surface area contributed by atoms with Crippen molar-refractivity contribution >= 4 is 17.6 Å². The first-order valence-electron chi connectivity index (χ1n) is 8.78. The molecule has 0 aromatic heterocycles. The summed E-state index contributed by atoms with van der Waals surface area (Å²) in [7, 11) is 0. The molecule has 0 radical (unpaired) electrons. The third-order valence-corrected chi connectivity index (χ3v) is 3.83. The van der Waals surface area contributed by atoms with E-state index in [4.69, 9.17) is 4.74 Å². The van der Waals surface area contributed by atoms with Gasteiger partial charge in [0.05, 0.1) is 0 Å². The third kappa shape index (κ3) is 8.15. The molecule has 0 saturated heterocycles. The van der Waals surface area contributed by atoms with E-state index >= 15 is 0 Å². The van der Waals surface area contributed by atoms with Gasteiger partial charge >= 0.3 is 5.97 Å². The zero-order valence-electron chi connectivity index (χ0n) is 14.4. The summed E-state index contributed by atoms with van der Waals surface area (Å²) in [5.41, 5.74) is 1.83. The van der Waals surface area contributed by atoms with Gasteiger partial charge < -0.3 is 10.1 Å². The normalized spacial score (nSPS) is 10.2. The number of benzene rings is 2. The highest BCUT2D eigenvalue weighted by molar-refractivity contribution is 5.90. The van der Waals surface area contributed by atoms with Crippen molar-refractivity contribution in [1.29, 1.82) is 0 Å². The van der Waals surface area contributed by atoms with Gasteiger partial charge in [-0.05, 0) is 30.5 Å². The maximum Gasteiger partial charge on any atom is 0.306 e. The summed E-state index contributed by atoms with van der Waals surface area (Å²) in [6.07, 6.45) is 4.44. The summed E-state index contributed by atoms with van der Waals surface area (Å²) in [5, 5.41) is 2.87. The van der Waals surface area contributed by atoms with Gasteiger partial charge in [0.2, 0.25) is 5.91 Å². The van der Waals surface area contributed by atoms with Crippen molar-refractivity contribution in [2.75, 3.05) is 5.32 Å². The van der Waals surface area contributed by atoms with Crippen molar-refractivity contribution in [2.24, 2.45) is 0 Å². The molecule has 0 aliphatic heterocycles. The highest BCUT2D eigenvalue weighted by Gasteiger charge is 2.04. The van der Waals surface area contributed by atoms with Gasteiger partial charge in [-0.1, -0.05) is 61.4 Å². The average Bonchev–Trinajstić information content (AvgIpc) is 2.64. The van der Waals surface area contributed by atoms with E-state index < -0.39 is 0 Å². The van der Waals surface area contributed by atoms with Gasteiger partial charge in [-0.15, -0.1) is 0 Å². The van der Waals surface area contributed by atoms with Crippen LogP contribution >= 0.6 is 0 Å². The van der Waals surface area contributed by atoms with Crippen molar-refractivity contribution in [3.63, 3.8) is 0 Å². The molecule has 1 amide bonds. The number of para-hydroxylation sites is 1. The smallest absolute Gasteiger partial charge is 0.306 e. The maximum absolute atomic E-state index is 11.8. The largest absolute Gasteiger partial charge is 0.461 e. The van der Waals surface area contributed by atoms with Crippen molar-refractivity contribution in [3.8, 4) is 0 Å². The van der Waals surface area contributed by atoms with E-state index in [9.17, 15) is 9.59 Å². The number of ether oxygens (including phenoxy) is 1. The standard InChI is InChI=1S/C21H25NO3/c23-20(22-19-13-7-4-8-14-19)15-9-1-2-10-16-21(24)25-17-18-11-5-3-6-12-18/h3-8,11-14H,1-2,9-10,15-17H2,(H,22,23). The fourth-order valence-electron chi connectivity index (χ4n) is 2.46. The van der Waals surface area contributed by atoms with Gasteiger partial charge in [0.25, 0.3) is 0 Å². The Hall–Kier alpha value is -2.62. The van der Waals surface area contributed by atoms with E-state index in [0.29, 0.717) is 19.4 Å². The third-order valence-electron chi connectivity index (χ3n) is 3.83. The van der Waals surface area contributed by atoms with Crippen LogP contribution in [0, 0.1) is 0 Å². The lowest BCUT2D eigenvalue weighted by Gasteiger charge is -2.06. The lowest BCUT2D eigenvalue weighted by Crippen LogP contribution is -2.10. The molecule has 4 heteroatoms. The van der Waals surface area contributed by atoms with Crippen LogP contribution in [-0.2, 0) is 20.9 Å². The van der Waals surface area contributed by atoms with Crippen LogP contribution in [0.5, 0.6) is 0 Å². The first-order chi connectivity index (χ1) is 12.2. The Balaban J connectivity index is 1.47. The molecule has 2 aromatic rings. The van der Waals surface area contributed by atoms with Crippen LogP contribution in [0.3, 0.4) is 0 Å². The molecule has 0 bridgehead atoms. The Labute approximate surface area is 149 Å². The second-order valence-corrected chi connectivity index (χ2v) is 5.97. The van der Waals surface area contributed by atoms with E-state index in [1.807, 2.05) is 60.7 Å². The van der Waals surface area contributed by atoms with Gasteiger partial charge in [0.1, 0.15) is 6.61 Å². The van der Waals surface area contributed by atoms with E-state index in [0.717, 1.165) is 36.9 Å². The fraction of sp³-hybridized carbons (Fsp3) is 0.333. The number of anilines is 1. The topological polar surface area (TPSA) is 55.4 Å². The summed E-state index contributed by atoms with van der Waals surface area (Å²) in [5.74, 6) is -0.126. The van der Waals surface area contributed by atoms with Gasteiger partial charge in [-0.3, -0.25) is 9.59 Å². The second-order valence-electron chi connectivity index (χ2n) is 5.97. The van der Waals surface area contributed by atoms with Crippen molar-refractivity contribution in [2.45, 2.75) is 45.1 Å². The molecule has 0 unspecified atom stereocenters. The summed E-state index contributed by atoms with van der Waals surface area (Å²) in [6.45, 7) is 0.333. The van der Waals surface area contributed by atoms with E-state index in [2.05, 4.69) is 5.32 Å². The Morgan fingerprint density at radius 2 is 1.36 bits per heavy atom. The molecule has 1 N–H and O–H groups in total. The lowest BCUT2D eigenvalue weighted by atomic mass is 10.1. The molecule has 0 atom stereocenters. The van der Waals surface area contributed by atoms with E-state index in [1.165, 1.54) is 0 Å². The van der Waals surface area contributed by atoms with Crippen LogP contribution in [0.1, 0.15) is 44.1 Å². The van der Waals surface area contributed by atoms with Crippen molar-refractivity contribution in [1.82, 2.24) is 0 Å². The molecule has 0 fully saturated rings. The highest BCUT2D eigenvalue weighted by atomic mass is 16.5. The average molecular weight is 339 g/mol. The number of amides is 1. The zero-order chi connectivity index (χ0) is 17.7. The Morgan fingerprint density at radius 3 is 2.04 bits per heavy atom. The van der Waals surface area contributed by atoms with Gasteiger partial charge in [-0.25, -0.2) is 0 Å².